The molecule has 0 spiro atoms. The summed E-state index contributed by atoms with van der Waals surface area (Å²) in [6, 6.07) is 22.9. The van der Waals surface area contributed by atoms with E-state index in [-0.39, 0.29) is 17.5 Å². The molecule has 0 saturated heterocycles. The maximum absolute atomic E-state index is 12.7. The molecule has 0 saturated carbocycles. The van der Waals surface area contributed by atoms with Gasteiger partial charge in [0.05, 0.1) is 11.6 Å². The lowest BCUT2D eigenvalue weighted by Gasteiger charge is -2.08. The van der Waals surface area contributed by atoms with E-state index in [9.17, 15) is 9.59 Å². The van der Waals surface area contributed by atoms with Crippen LogP contribution in [0.15, 0.2) is 72.8 Å². The van der Waals surface area contributed by atoms with Crippen LogP contribution in [0.4, 0.5) is 0 Å². The smallest absolute Gasteiger partial charge is 0.209 e. The molecule has 1 atom stereocenters. The summed E-state index contributed by atoms with van der Waals surface area (Å²) in [6.07, 6.45) is 1.22. The fraction of sp³-hybridized carbons (Fsp3) is 0.182. The quantitative estimate of drug-likeness (QED) is 0.663. The number of hydrogen-bond acceptors (Lipinski definition) is 2. The van der Waals surface area contributed by atoms with Crippen molar-refractivity contribution in [1.82, 2.24) is 4.57 Å². The molecule has 4 rings (SSSR count). The third-order valence-electron chi connectivity index (χ3n) is 4.89. The summed E-state index contributed by atoms with van der Waals surface area (Å²) in [5.74, 6) is 0.127. The maximum atomic E-state index is 12.7. The highest BCUT2D eigenvalue weighted by Gasteiger charge is 2.31. The van der Waals surface area contributed by atoms with Gasteiger partial charge in [-0.1, -0.05) is 60.7 Å². The van der Waals surface area contributed by atoms with Gasteiger partial charge >= 0.3 is 0 Å². The third-order valence-corrected chi connectivity index (χ3v) is 4.89. The van der Waals surface area contributed by atoms with Crippen molar-refractivity contribution >= 4 is 11.6 Å². The molecule has 0 amide bonds. The van der Waals surface area contributed by atoms with Gasteiger partial charge in [-0.3, -0.25) is 9.59 Å². The molecule has 124 valence electrons. The standard InChI is InChI=1S/C22H19NO2/c24-21(15-16-7-3-1-4-8-16)18-13-14-23-19(18)11-12-20(23)22(25)17-9-5-2-6-10-17/h1-12,18H,13-15H2. The first-order valence-electron chi connectivity index (χ1n) is 8.60. The van der Waals surface area contributed by atoms with E-state index in [4.69, 9.17) is 0 Å². The van der Waals surface area contributed by atoms with E-state index in [0.717, 1.165) is 24.2 Å². The number of hydrogen-bond donors (Lipinski definition) is 0. The van der Waals surface area contributed by atoms with Gasteiger partial charge in [-0.25, -0.2) is 0 Å². The minimum Gasteiger partial charge on any atom is -0.341 e. The van der Waals surface area contributed by atoms with Gasteiger partial charge in [-0.05, 0) is 24.1 Å². The molecule has 2 heterocycles. The van der Waals surface area contributed by atoms with Crippen LogP contribution in [-0.2, 0) is 17.8 Å². The minimum absolute atomic E-state index is 0.0167. The average molecular weight is 329 g/mol. The van der Waals surface area contributed by atoms with E-state index in [0.29, 0.717) is 17.7 Å². The Labute approximate surface area is 146 Å². The second-order valence-corrected chi connectivity index (χ2v) is 6.46. The number of benzene rings is 2. The number of rotatable bonds is 5. The Morgan fingerprint density at radius 2 is 1.56 bits per heavy atom. The molecule has 0 bridgehead atoms. The van der Waals surface area contributed by atoms with E-state index in [2.05, 4.69) is 0 Å². The highest BCUT2D eigenvalue weighted by molar-refractivity contribution is 6.08. The maximum Gasteiger partial charge on any atom is 0.209 e. The minimum atomic E-state index is -0.113. The first-order chi connectivity index (χ1) is 12.2. The van der Waals surface area contributed by atoms with E-state index in [1.165, 1.54) is 0 Å². The monoisotopic (exact) mass is 329 g/mol. The predicted molar refractivity (Wildman–Crippen MR) is 96.8 cm³/mol. The Bertz CT molecular complexity index is 910. The van der Waals surface area contributed by atoms with E-state index in [1.54, 1.807) is 0 Å². The second kappa shape index (κ2) is 6.52. The number of aromatic nitrogens is 1. The van der Waals surface area contributed by atoms with Crippen LogP contribution in [0.2, 0.25) is 0 Å². The summed E-state index contributed by atoms with van der Waals surface area (Å²) in [5.41, 5.74) is 3.37. The zero-order valence-corrected chi connectivity index (χ0v) is 13.9. The van der Waals surface area contributed by atoms with Crippen molar-refractivity contribution in [1.29, 1.82) is 0 Å². The Morgan fingerprint density at radius 3 is 2.28 bits per heavy atom. The molecular formula is C22H19NO2. The van der Waals surface area contributed by atoms with Crippen LogP contribution in [0, 0.1) is 0 Å². The summed E-state index contributed by atoms with van der Waals surface area (Å²) in [5, 5.41) is 0. The molecule has 0 N–H and O–H groups in total. The van der Waals surface area contributed by atoms with Crippen LogP contribution in [0.25, 0.3) is 0 Å². The van der Waals surface area contributed by atoms with Crippen molar-refractivity contribution in [3.63, 3.8) is 0 Å². The Morgan fingerprint density at radius 1 is 0.880 bits per heavy atom. The van der Waals surface area contributed by atoms with Gasteiger partial charge in [0.25, 0.3) is 0 Å². The zero-order chi connectivity index (χ0) is 17.2. The SMILES string of the molecule is O=C(c1ccccc1)c1ccc2n1CCC2C(=O)Cc1ccccc1. The molecular weight excluding hydrogens is 310 g/mol. The van der Waals surface area contributed by atoms with Gasteiger partial charge in [0, 0.05) is 24.2 Å². The first-order valence-corrected chi connectivity index (χ1v) is 8.60. The average Bonchev–Trinajstić information content (AvgIpc) is 3.24. The fourth-order valence-corrected chi connectivity index (χ4v) is 3.63. The predicted octanol–water partition coefficient (Wildman–Crippen LogP) is 4.02. The van der Waals surface area contributed by atoms with Crippen molar-refractivity contribution in [2.45, 2.75) is 25.3 Å². The summed E-state index contributed by atoms with van der Waals surface area (Å²) < 4.78 is 2.02. The van der Waals surface area contributed by atoms with E-state index in [1.807, 2.05) is 77.4 Å². The number of Topliss-reactive ketones (excluding diaryl/α,β-unsaturated/α-hetero) is 1. The Hall–Kier alpha value is -2.94. The van der Waals surface area contributed by atoms with Gasteiger partial charge in [0.15, 0.2) is 0 Å². The van der Waals surface area contributed by atoms with Crippen LogP contribution in [0.1, 0.15) is 39.6 Å². The molecule has 1 unspecified atom stereocenters. The van der Waals surface area contributed by atoms with E-state index < -0.39 is 0 Å². The third kappa shape index (κ3) is 2.93. The van der Waals surface area contributed by atoms with Crippen molar-refractivity contribution in [3.05, 3.63) is 95.3 Å². The summed E-state index contributed by atoms with van der Waals surface area (Å²) in [4.78, 5) is 25.5. The van der Waals surface area contributed by atoms with Gasteiger partial charge in [0.2, 0.25) is 5.78 Å². The Balaban J connectivity index is 1.57. The topological polar surface area (TPSA) is 39.1 Å². The molecule has 0 radical (unpaired) electrons. The molecule has 3 aromatic rings. The van der Waals surface area contributed by atoms with Crippen molar-refractivity contribution in [3.8, 4) is 0 Å². The van der Waals surface area contributed by atoms with Gasteiger partial charge in [-0.2, -0.15) is 0 Å². The number of fused-ring (bicyclic) bond motifs is 1. The molecule has 1 aliphatic rings. The highest BCUT2D eigenvalue weighted by Crippen LogP contribution is 2.32. The van der Waals surface area contributed by atoms with Gasteiger partial charge in [-0.15, -0.1) is 0 Å². The molecule has 3 nitrogen and oxygen atoms in total. The van der Waals surface area contributed by atoms with Crippen molar-refractivity contribution in [2.75, 3.05) is 0 Å². The van der Waals surface area contributed by atoms with Crippen molar-refractivity contribution < 1.29 is 9.59 Å². The number of ketones is 2. The second-order valence-electron chi connectivity index (χ2n) is 6.46. The summed E-state index contributed by atoms with van der Waals surface area (Å²) >= 11 is 0. The lowest BCUT2D eigenvalue weighted by atomic mass is 9.94. The summed E-state index contributed by atoms with van der Waals surface area (Å²) in [7, 11) is 0. The van der Waals surface area contributed by atoms with Crippen LogP contribution >= 0.6 is 0 Å². The van der Waals surface area contributed by atoms with E-state index >= 15 is 0 Å². The Kier molecular flexibility index (Phi) is 4.06. The largest absolute Gasteiger partial charge is 0.341 e. The number of carbonyl (C=O) groups is 2. The summed E-state index contributed by atoms with van der Waals surface area (Å²) in [6.45, 7) is 0.724. The molecule has 1 aliphatic heterocycles. The van der Waals surface area contributed by atoms with Crippen LogP contribution in [-0.4, -0.2) is 16.1 Å². The number of nitrogens with zero attached hydrogens (tertiary/aromatic N) is 1. The molecule has 0 aliphatic carbocycles. The normalized spacial score (nSPS) is 15.8. The fourth-order valence-electron chi connectivity index (χ4n) is 3.63. The zero-order valence-electron chi connectivity index (χ0n) is 13.9. The van der Waals surface area contributed by atoms with Crippen molar-refractivity contribution in [2.24, 2.45) is 0 Å². The molecule has 3 heteroatoms. The lowest BCUT2D eigenvalue weighted by molar-refractivity contribution is -0.119. The van der Waals surface area contributed by atoms with Crippen LogP contribution in [0.5, 0.6) is 0 Å². The molecule has 0 fully saturated rings. The van der Waals surface area contributed by atoms with Gasteiger partial charge < -0.3 is 4.57 Å². The number of carbonyl (C=O) groups excluding carboxylic acids is 2. The highest BCUT2D eigenvalue weighted by atomic mass is 16.1. The lowest BCUT2D eigenvalue weighted by Crippen LogP contribution is -2.13. The van der Waals surface area contributed by atoms with Crippen LogP contribution < -0.4 is 0 Å². The van der Waals surface area contributed by atoms with Gasteiger partial charge in [0.1, 0.15) is 5.78 Å². The molecule has 2 aromatic carbocycles. The molecule has 1 aromatic heterocycles. The van der Waals surface area contributed by atoms with Crippen LogP contribution in [0.3, 0.4) is 0 Å². The first kappa shape index (κ1) is 15.6. The molecule has 25 heavy (non-hydrogen) atoms.